The quantitative estimate of drug-likeness (QED) is 0.0402. The highest BCUT2D eigenvalue weighted by molar-refractivity contribution is 7.80. The molecule has 0 spiro atoms. The van der Waals surface area contributed by atoms with Crippen LogP contribution in [0.1, 0.15) is 65.9 Å². The van der Waals surface area contributed by atoms with Gasteiger partial charge in [0.25, 0.3) is 0 Å². The number of thiol groups is 1. The maximum absolute atomic E-state index is 13.4. The Bertz CT molecular complexity index is 1410. The fraction of sp³-hybridized carbons (Fsp3) is 0.629. The standard InChI is InChI=1S/C35H58N8O10S/c1-18(2)14-24(40-30(47)23(8-6-7-13-36)39-34(51)28(37)19(3)4)31(48)42-26(16-44)32(49)43-27(17-54)33(50)38-20(5)29(46)41-25(35(52)53)15-21-9-11-22(45)12-10-21/h9-12,18-20,23-28,44-45,54H,6-8,13-17,36-37H2,1-5H3,(H,38,50)(H,39,51)(H,40,47)(H,41,46)(H,42,48)(H,43,49)(H,52,53)/t20-,23-,24-,25-,26-,27-,28-/m0/s1. The van der Waals surface area contributed by atoms with Crippen LogP contribution in [0.2, 0.25) is 0 Å². The van der Waals surface area contributed by atoms with Crippen LogP contribution in [0.4, 0.5) is 0 Å². The van der Waals surface area contributed by atoms with Crippen molar-refractivity contribution in [2.75, 3.05) is 18.9 Å². The molecule has 0 aliphatic carbocycles. The van der Waals surface area contributed by atoms with E-state index in [-0.39, 0.29) is 42.6 Å². The minimum Gasteiger partial charge on any atom is -0.508 e. The van der Waals surface area contributed by atoms with E-state index in [2.05, 4.69) is 44.5 Å². The summed E-state index contributed by atoms with van der Waals surface area (Å²) in [5.41, 5.74) is 12.1. The van der Waals surface area contributed by atoms with Crippen molar-refractivity contribution in [3.63, 3.8) is 0 Å². The van der Waals surface area contributed by atoms with Crippen LogP contribution in [-0.4, -0.2) is 118 Å². The van der Waals surface area contributed by atoms with Gasteiger partial charge in [-0.05, 0) is 68.7 Å². The molecule has 0 radical (unpaired) electrons. The van der Waals surface area contributed by atoms with Crippen molar-refractivity contribution in [2.24, 2.45) is 23.3 Å². The smallest absolute Gasteiger partial charge is 0.326 e. The first-order chi connectivity index (χ1) is 25.3. The molecule has 0 aliphatic rings. The van der Waals surface area contributed by atoms with Gasteiger partial charge in [0.05, 0.1) is 12.6 Å². The lowest BCUT2D eigenvalue weighted by Crippen LogP contribution is -2.60. The number of unbranched alkanes of at least 4 members (excludes halogenated alkanes) is 1. The lowest BCUT2D eigenvalue weighted by atomic mass is 10.0. The first-order valence-corrected chi connectivity index (χ1v) is 18.5. The van der Waals surface area contributed by atoms with E-state index in [0.717, 1.165) is 0 Å². The van der Waals surface area contributed by atoms with Crippen LogP contribution in [0.3, 0.4) is 0 Å². The molecule has 0 heterocycles. The number of carboxylic acid groups (broad SMARTS) is 1. The molecule has 54 heavy (non-hydrogen) atoms. The van der Waals surface area contributed by atoms with Crippen LogP contribution in [0, 0.1) is 11.8 Å². The maximum Gasteiger partial charge on any atom is 0.326 e. The average molecular weight is 783 g/mol. The van der Waals surface area contributed by atoms with Crippen molar-refractivity contribution in [3.05, 3.63) is 29.8 Å². The summed E-state index contributed by atoms with van der Waals surface area (Å²) in [4.78, 5) is 90.3. The third-order valence-electron chi connectivity index (χ3n) is 8.31. The molecule has 0 saturated heterocycles. The molecular formula is C35H58N8O10S. The summed E-state index contributed by atoms with van der Waals surface area (Å²) in [6, 6.07) is -2.87. The molecule has 0 unspecified atom stereocenters. The number of rotatable bonds is 24. The monoisotopic (exact) mass is 782 g/mol. The number of nitrogens with two attached hydrogens (primary N) is 2. The number of amides is 6. The Hall–Kier alpha value is -4.46. The SMILES string of the molecule is CC(C)C[C@H](NC(=O)[C@H](CCCCN)NC(=O)[C@@H](N)C(C)C)C(=O)N[C@@H](CO)C(=O)N[C@@H](CS)C(=O)N[C@@H](C)C(=O)N[C@@H](Cc1ccc(O)cc1)C(=O)O. The van der Waals surface area contributed by atoms with E-state index < -0.39 is 90.3 Å². The molecular weight excluding hydrogens is 724 g/mol. The number of aromatic hydroxyl groups is 1. The lowest BCUT2D eigenvalue weighted by Gasteiger charge is -2.27. The fourth-order valence-corrected chi connectivity index (χ4v) is 5.24. The summed E-state index contributed by atoms with van der Waals surface area (Å²) in [6.45, 7) is 7.92. The summed E-state index contributed by atoms with van der Waals surface area (Å²) < 4.78 is 0. The van der Waals surface area contributed by atoms with Gasteiger partial charge in [0.2, 0.25) is 35.4 Å². The van der Waals surface area contributed by atoms with Crippen molar-refractivity contribution in [2.45, 2.75) is 109 Å². The summed E-state index contributed by atoms with van der Waals surface area (Å²) in [6.07, 6.45) is 1.35. The van der Waals surface area contributed by atoms with E-state index in [1.54, 1.807) is 27.7 Å². The van der Waals surface area contributed by atoms with Gasteiger partial charge in [0, 0.05) is 12.2 Å². The van der Waals surface area contributed by atoms with Gasteiger partial charge in [-0.1, -0.05) is 39.8 Å². The van der Waals surface area contributed by atoms with Crippen molar-refractivity contribution < 1.29 is 48.9 Å². The number of hydrogen-bond acceptors (Lipinski definition) is 12. The zero-order valence-electron chi connectivity index (χ0n) is 31.5. The van der Waals surface area contributed by atoms with Crippen LogP contribution in [0.15, 0.2) is 24.3 Å². The molecule has 7 atom stereocenters. The zero-order chi connectivity index (χ0) is 41.1. The van der Waals surface area contributed by atoms with Crippen molar-refractivity contribution in [3.8, 4) is 5.75 Å². The maximum atomic E-state index is 13.4. The van der Waals surface area contributed by atoms with Gasteiger partial charge < -0.3 is 58.7 Å². The number of phenolic OH excluding ortho intramolecular Hbond substituents is 1. The summed E-state index contributed by atoms with van der Waals surface area (Å²) >= 11 is 4.11. The van der Waals surface area contributed by atoms with Crippen LogP contribution in [0.5, 0.6) is 5.75 Å². The minimum atomic E-state index is -1.57. The highest BCUT2D eigenvalue weighted by atomic mass is 32.1. The van der Waals surface area contributed by atoms with Gasteiger partial charge in [0.15, 0.2) is 0 Å². The number of carboxylic acids is 1. The van der Waals surface area contributed by atoms with Crippen LogP contribution >= 0.6 is 12.6 Å². The molecule has 1 rings (SSSR count). The Morgan fingerprint density at radius 2 is 1.19 bits per heavy atom. The summed E-state index contributed by atoms with van der Waals surface area (Å²) in [7, 11) is 0. The van der Waals surface area contributed by atoms with Crippen LogP contribution in [-0.2, 0) is 40.0 Å². The Kier molecular flexibility index (Phi) is 21.2. The second-order valence-electron chi connectivity index (χ2n) is 13.8. The molecule has 0 bridgehead atoms. The second kappa shape index (κ2) is 24.0. The molecule has 0 aliphatic heterocycles. The molecule has 0 fully saturated rings. The molecule has 18 nitrogen and oxygen atoms in total. The highest BCUT2D eigenvalue weighted by Crippen LogP contribution is 2.12. The number of carbonyl (C=O) groups excluding carboxylic acids is 6. The van der Waals surface area contributed by atoms with E-state index in [0.29, 0.717) is 24.9 Å². The van der Waals surface area contributed by atoms with Gasteiger partial charge in [-0.15, -0.1) is 0 Å². The van der Waals surface area contributed by atoms with E-state index in [4.69, 9.17) is 11.5 Å². The number of nitrogens with one attached hydrogen (secondary N) is 6. The number of benzene rings is 1. The lowest BCUT2D eigenvalue weighted by molar-refractivity contribution is -0.142. The van der Waals surface area contributed by atoms with Gasteiger partial charge in [-0.25, -0.2) is 4.79 Å². The van der Waals surface area contributed by atoms with E-state index in [1.807, 2.05) is 0 Å². The predicted octanol–water partition coefficient (Wildman–Crippen LogP) is -1.97. The molecule has 0 saturated carbocycles. The number of aliphatic carboxylic acids is 1. The molecule has 6 amide bonds. The van der Waals surface area contributed by atoms with Crippen molar-refractivity contribution in [1.82, 2.24) is 31.9 Å². The van der Waals surface area contributed by atoms with E-state index in [1.165, 1.54) is 31.2 Å². The minimum absolute atomic E-state index is 0.0155. The van der Waals surface area contributed by atoms with E-state index >= 15 is 0 Å². The average Bonchev–Trinajstić information content (AvgIpc) is 3.11. The van der Waals surface area contributed by atoms with Gasteiger partial charge >= 0.3 is 5.97 Å². The second-order valence-corrected chi connectivity index (χ2v) is 14.2. The Labute approximate surface area is 321 Å². The van der Waals surface area contributed by atoms with Crippen LogP contribution in [0.25, 0.3) is 0 Å². The van der Waals surface area contributed by atoms with Gasteiger partial charge in [0.1, 0.15) is 42.0 Å². The number of carbonyl (C=O) groups is 7. The predicted molar refractivity (Wildman–Crippen MR) is 203 cm³/mol. The first kappa shape index (κ1) is 47.6. The third kappa shape index (κ3) is 16.7. The topological polar surface area (TPSA) is 304 Å². The fourth-order valence-electron chi connectivity index (χ4n) is 4.98. The molecule has 0 aromatic heterocycles. The summed E-state index contributed by atoms with van der Waals surface area (Å²) in [5, 5.41) is 43.9. The number of phenols is 1. The Balaban J connectivity index is 2.97. The van der Waals surface area contributed by atoms with Crippen molar-refractivity contribution in [1.29, 1.82) is 0 Å². The number of aliphatic hydroxyl groups excluding tert-OH is 1. The Morgan fingerprint density at radius 3 is 1.70 bits per heavy atom. The van der Waals surface area contributed by atoms with Gasteiger partial charge in [-0.2, -0.15) is 12.6 Å². The van der Waals surface area contributed by atoms with E-state index in [9.17, 15) is 48.9 Å². The first-order valence-electron chi connectivity index (χ1n) is 17.8. The molecule has 304 valence electrons. The molecule has 19 heteroatoms. The van der Waals surface area contributed by atoms with Gasteiger partial charge in [-0.3, -0.25) is 28.8 Å². The molecule has 1 aromatic carbocycles. The number of hydrogen-bond donors (Lipinski definition) is 12. The normalized spacial score (nSPS) is 15.1. The molecule has 1 aromatic rings. The third-order valence-corrected chi connectivity index (χ3v) is 8.68. The number of aliphatic hydroxyl groups is 1. The highest BCUT2D eigenvalue weighted by Gasteiger charge is 2.33. The largest absolute Gasteiger partial charge is 0.508 e. The zero-order valence-corrected chi connectivity index (χ0v) is 32.4. The Morgan fingerprint density at radius 1 is 0.685 bits per heavy atom. The molecule has 13 N–H and O–H groups in total. The summed E-state index contributed by atoms with van der Waals surface area (Å²) in [5.74, 6) is -6.58. The van der Waals surface area contributed by atoms with Crippen LogP contribution < -0.4 is 43.4 Å². The van der Waals surface area contributed by atoms with Crippen molar-refractivity contribution >= 4 is 54.0 Å².